The second-order valence-electron chi connectivity index (χ2n) is 5.58. The number of amides is 1. The summed E-state index contributed by atoms with van der Waals surface area (Å²) in [5.41, 5.74) is 0.565. The Morgan fingerprint density at radius 3 is 2.84 bits per heavy atom. The fraction of sp³-hybridized carbons (Fsp3) is 0.533. The molecule has 3 nitrogen and oxygen atoms in total. The molecule has 1 aliphatic carbocycles. The molecule has 1 unspecified atom stereocenters. The maximum absolute atomic E-state index is 13.3. The third kappa shape index (κ3) is 2.63. The Labute approximate surface area is 112 Å². The number of nitrogens with one attached hydrogen (secondary N) is 2. The van der Waals surface area contributed by atoms with E-state index in [0.29, 0.717) is 0 Å². The van der Waals surface area contributed by atoms with E-state index >= 15 is 0 Å². The fourth-order valence-corrected chi connectivity index (χ4v) is 2.80. The molecule has 0 radical (unpaired) electrons. The van der Waals surface area contributed by atoms with Crippen molar-refractivity contribution in [3.63, 3.8) is 0 Å². The van der Waals surface area contributed by atoms with Crippen LogP contribution in [0, 0.1) is 5.82 Å². The van der Waals surface area contributed by atoms with Crippen molar-refractivity contribution < 1.29 is 9.18 Å². The number of hydrogen-bond donors (Lipinski definition) is 2. The van der Waals surface area contributed by atoms with Gasteiger partial charge < -0.3 is 10.6 Å². The number of carbonyl (C=O) groups excluding carboxylic acids is 1. The standard InChI is InChI=1S/C15H19FN2O/c16-12-5-3-4-11(10-12)15(7-8-15)18-14(19)13-6-1-2-9-17-13/h3-5,10,13,17H,1-2,6-9H2,(H,18,19). The van der Waals surface area contributed by atoms with Gasteiger partial charge in [-0.3, -0.25) is 4.79 Å². The van der Waals surface area contributed by atoms with Gasteiger partial charge in [0.2, 0.25) is 5.91 Å². The van der Waals surface area contributed by atoms with Crippen LogP contribution in [0.5, 0.6) is 0 Å². The lowest BCUT2D eigenvalue weighted by atomic mass is 10.0. The molecule has 4 heteroatoms. The SMILES string of the molecule is O=C(NC1(c2cccc(F)c2)CC1)C1CCCCN1. The van der Waals surface area contributed by atoms with Gasteiger partial charge in [-0.05, 0) is 49.9 Å². The van der Waals surface area contributed by atoms with Gasteiger partial charge in [-0.2, -0.15) is 0 Å². The van der Waals surface area contributed by atoms with Crippen molar-refractivity contribution >= 4 is 5.91 Å². The van der Waals surface area contributed by atoms with E-state index < -0.39 is 0 Å². The molecule has 1 aromatic rings. The van der Waals surface area contributed by atoms with E-state index in [1.54, 1.807) is 6.07 Å². The average molecular weight is 262 g/mol. The third-order valence-electron chi connectivity index (χ3n) is 4.12. The first-order chi connectivity index (χ1) is 9.20. The van der Waals surface area contributed by atoms with Crippen LogP contribution in [-0.2, 0) is 10.3 Å². The molecule has 0 aromatic heterocycles. The second kappa shape index (κ2) is 4.93. The van der Waals surface area contributed by atoms with Crippen molar-refractivity contribution in [1.82, 2.24) is 10.6 Å². The third-order valence-corrected chi connectivity index (χ3v) is 4.12. The minimum Gasteiger partial charge on any atom is -0.345 e. The first-order valence-corrected chi connectivity index (χ1v) is 7.01. The molecule has 1 saturated carbocycles. The van der Waals surface area contributed by atoms with Crippen LogP contribution in [0.15, 0.2) is 24.3 Å². The Bertz CT molecular complexity index is 479. The van der Waals surface area contributed by atoms with Crippen LogP contribution in [0.3, 0.4) is 0 Å². The summed E-state index contributed by atoms with van der Waals surface area (Å²) in [6.07, 6.45) is 4.92. The topological polar surface area (TPSA) is 41.1 Å². The summed E-state index contributed by atoms with van der Waals surface area (Å²) >= 11 is 0. The van der Waals surface area contributed by atoms with E-state index in [4.69, 9.17) is 0 Å². The van der Waals surface area contributed by atoms with Crippen molar-refractivity contribution in [3.05, 3.63) is 35.6 Å². The Hall–Kier alpha value is -1.42. The van der Waals surface area contributed by atoms with Gasteiger partial charge >= 0.3 is 0 Å². The maximum atomic E-state index is 13.3. The number of benzene rings is 1. The van der Waals surface area contributed by atoms with E-state index in [-0.39, 0.29) is 23.3 Å². The van der Waals surface area contributed by atoms with Gasteiger partial charge in [-0.25, -0.2) is 4.39 Å². The summed E-state index contributed by atoms with van der Waals surface area (Å²) in [6, 6.07) is 6.48. The van der Waals surface area contributed by atoms with Crippen molar-refractivity contribution in [1.29, 1.82) is 0 Å². The lowest BCUT2D eigenvalue weighted by Crippen LogP contribution is -2.49. The molecule has 1 heterocycles. The number of rotatable bonds is 3. The number of carbonyl (C=O) groups is 1. The van der Waals surface area contributed by atoms with Crippen molar-refractivity contribution in [2.24, 2.45) is 0 Å². The first-order valence-electron chi connectivity index (χ1n) is 7.01. The molecule has 1 saturated heterocycles. The molecule has 3 rings (SSSR count). The highest BCUT2D eigenvalue weighted by Crippen LogP contribution is 2.45. The number of hydrogen-bond acceptors (Lipinski definition) is 2. The Kier molecular flexibility index (Phi) is 3.27. The molecule has 1 atom stereocenters. The first kappa shape index (κ1) is 12.6. The zero-order chi connectivity index (χ0) is 13.3. The minimum atomic E-state index is -0.321. The van der Waals surface area contributed by atoms with Crippen LogP contribution in [0.25, 0.3) is 0 Å². The van der Waals surface area contributed by atoms with Gasteiger partial charge in [0.15, 0.2) is 0 Å². The maximum Gasteiger partial charge on any atom is 0.237 e. The van der Waals surface area contributed by atoms with Gasteiger partial charge in [-0.15, -0.1) is 0 Å². The lowest BCUT2D eigenvalue weighted by molar-refractivity contribution is -0.124. The normalized spacial score (nSPS) is 24.8. The van der Waals surface area contributed by atoms with Gasteiger partial charge in [0.25, 0.3) is 0 Å². The summed E-state index contributed by atoms with van der Waals surface area (Å²) in [5, 5.41) is 6.36. The second-order valence-corrected chi connectivity index (χ2v) is 5.58. The largest absolute Gasteiger partial charge is 0.345 e. The van der Waals surface area contributed by atoms with E-state index in [1.807, 2.05) is 6.07 Å². The van der Waals surface area contributed by atoms with Crippen LogP contribution in [0.1, 0.15) is 37.7 Å². The highest BCUT2D eigenvalue weighted by atomic mass is 19.1. The zero-order valence-electron chi connectivity index (χ0n) is 10.9. The quantitative estimate of drug-likeness (QED) is 0.875. The van der Waals surface area contributed by atoms with Crippen molar-refractivity contribution in [2.75, 3.05) is 6.54 Å². The monoisotopic (exact) mass is 262 g/mol. The van der Waals surface area contributed by atoms with Crippen molar-refractivity contribution in [2.45, 2.75) is 43.7 Å². The molecule has 19 heavy (non-hydrogen) atoms. The number of halogens is 1. The Morgan fingerprint density at radius 2 is 2.21 bits per heavy atom. The van der Waals surface area contributed by atoms with Crippen LogP contribution in [0.2, 0.25) is 0 Å². The number of piperidine rings is 1. The molecule has 2 aliphatic rings. The van der Waals surface area contributed by atoms with E-state index in [2.05, 4.69) is 10.6 Å². The molecule has 2 N–H and O–H groups in total. The van der Waals surface area contributed by atoms with Gasteiger partial charge in [0.05, 0.1) is 11.6 Å². The van der Waals surface area contributed by atoms with Crippen LogP contribution in [-0.4, -0.2) is 18.5 Å². The zero-order valence-corrected chi connectivity index (χ0v) is 10.9. The molecular weight excluding hydrogens is 243 g/mol. The fourth-order valence-electron chi connectivity index (χ4n) is 2.80. The summed E-state index contributed by atoms with van der Waals surface area (Å²) in [6.45, 7) is 0.908. The van der Waals surface area contributed by atoms with Crippen molar-refractivity contribution in [3.8, 4) is 0 Å². The van der Waals surface area contributed by atoms with Crippen LogP contribution in [0.4, 0.5) is 4.39 Å². The average Bonchev–Trinajstić information content (AvgIpc) is 3.21. The molecule has 2 fully saturated rings. The molecule has 0 bridgehead atoms. The Morgan fingerprint density at radius 1 is 1.37 bits per heavy atom. The molecular formula is C15H19FN2O. The molecule has 1 aliphatic heterocycles. The summed E-state index contributed by atoms with van der Waals surface area (Å²) in [5.74, 6) is -0.185. The summed E-state index contributed by atoms with van der Waals surface area (Å²) < 4.78 is 13.3. The predicted octanol–water partition coefficient (Wildman–Crippen LogP) is 2.07. The molecule has 1 aromatic carbocycles. The molecule has 0 spiro atoms. The van der Waals surface area contributed by atoms with Gasteiger partial charge in [0, 0.05) is 0 Å². The van der Waals surface area contributed by atoms with Crippen LogP contribution >= 0.6 is 0 Å². The van der Waals surface area contributed by atoms with E-state index in [0.717, 1.165) is 44.2 Å². The highest BCUT2D eigenvalue weighted by Gasteiger charge is 2.46. The highest BCUT2D eigenvalue weighted by molar-refractivity contribution is 5.83. The van der Waals surface area contributed by atoms with Gasteiger partial charge in [-0.1, -0.05) is 18.6 Å². The smallest absolute Gasteiger partial charge is 0.237 e. The van der Waals surface area contributed by atoms with Gasteiger partial charge in [0.1, 0.15) is 5.82 Å². The summed E-state index contributed by atoms with van der Waals surface area (Å²) in [7, 11) is 0. The van der Waals surface area contributed by atoms with E-state index in [1.165, 1.54) is 12.1 Å². The molecule has 102 valence electrons. The Balaban J connectivity index is 1.70. The predicted molar refractivity (Wildman–Crippen MR) is 71.1 cm³/mol. The molecule has 1 amide bonds. The van der Waals surface area contributed by atoms with Crippen LogP contribution < -0.4 is 10.6 Å². The van der Waals surface area contributed by atoms with E-state index in [9.17, 15) is 9.18 Å². The lowest BCUT2D eigenvalue weighted by Gasteiger charge is -2.26. The summed E-state index contributed by atoms with van der Waals surface area (Å²) in [4.78, 5) is 12.2. The minimum absolute atomic E-state index is 0.0569.